The molecule has 88 valence electrons. The van der Waals surface area contributed by atoms with Crippen LogP contribution in [0.3, 0.4) is 0 Å². The lowest BCUT2D eigenvalue weighted by atomic mass is 9.95. The van der Waals surface area contributed by atoms with E-state index in [1.54, 1.807) is 0 Å². The number of ether oxygens (including phenoxy) is 1. The molecule has 1 atom stereocenters. The summed E-state index contributed by atoms with van der Waals surface area (Å²) in [6.45, 7) is 7.48. The molecule has 0 aromatic carbocycles. The van der Waals surface area contributed by atoms with Crippen LogP contribution in [0.25, 0.3) is 0 Å². The Kier molecular flexibility index (Phi) is 3.61. The SMILES string of the molecule is CN1CCN(CCC2(N)CCOC2)CC1. The number of hydrogen-bond acceptors (Lipinski definition) is 4. The van der Waals surface area contributed by atoms with Gasteiger partial charge in [0.1, 0.15) is 0 Å². The summed E-state index contributed by atoms with van der Waals surface area (Å²) in [7, 11) is 2.19. The molecule has 2 heterocycles. The summed E-state index contributed by atoms with van der Waals surface area (Å²) in [5, 5.41) is 0. The average Bonchev–Trinajstić information content (AvgIpc) is 2.65. The molecule has 0 bridgehead atoms. The first-order valence-electron chi connectivity index (χ1n) is 5.96. The van der Waals surface area contributed by atoms with Crippen molar-refractivity contribution in [2.75, 3.05) is 53.0 Å². The van der Waals surface area contributed by atoms with Crippen molar-refractivity contribution in [2.45, 2.75) is 18.4 Å². The van der Waals surface area contributed by atoms with Gasteiger partial charge in [0.2, 0.25) is 0 Å². The highest BCUT2D eigenvalue weighted by Gasteiger charge is 2.30. The maximum absolute atomic E-state index is 6.24. The topological polar surface area (TPSA) is 41.7 Å². The summed E-state index contributed by atoms with van der Waals surface area (Å²) >= 11 is 0. The summed E-state index contributed by atoms with van der Waals surface area (Å²) in [5.74, 6) is 0. The van der Waals surface area contributed by atoms with E-state index in [0.717, 1.165) is 32.6 Å². The molecule has 2 saturated heterocycles. The van der Waals surface area contributed by atoms with Crippen LogP contribution < -0.4 is 5.73 Å². The van der Waals surface area contributed by atoms with Gasteiger partial charge in [0.15, 0.2) is 0 Å². The molecule has 2 aliphatic rings. The molecule has 1 unspecified atom stereocenters. The summed E-state index contributed by atoms with van der Waals surface area (Å²) in [5.41, 5.74) is 6.20. The maximum Gasteiger partial charge on any atom is 0.0647 e. The summed E-state index contributed by atoms with van der Waals surface area (Å²) < 4.78 is 5.37. The lowest BCUT2D eigenvalue weighted by molar-refractivity contribution is 0.134. The Morgan fingerprint density at radius 3 is 2.60 bits per heavy atom. The number of hydrogen-bond donors (Lipinski definition) is 1. The second-order valence-corrected chi connectivity index (χ2v) is 5.06. The highest BCUT2D eigenvalue weighted by Crippen LogP contribution is 2.19. The van der Waals surface area contributed by atoms with E-state index in [1.807, 2.05) is 0 Å². The first kappa shape index (κ1) is 11.3. The van der Waals surface area contributed by atoms with Crippen LogP contribution in [0.1, 0.15) is 12.8 Å². The Balaban J connectivity index is 1.69. The molecule has 0 aromatic heterocycles. The second kappa shape index (κ2) is 4.78. The normalized spacial score (nSPS) is 34.8. The van der Waals surface area contributed by atoms with Crippen LogP contribution >= 0.6 is 0 Å². The van der Waals surface area contributed by atoms with Crippen LogP contribution in [0.2, 0.25) is 0 Å². The van der Waals surface area contributed by atoms with Crippen molar-refractivity contribution < 1.29 is 4.74 Å². The van der Waals surface area contributed by atoms with E-state index in [2.05, 4.69) is 16.8 Å². The third kappa shape index (κ3) is 3.14. The lowest BCUT2D eigenvalue weighted by Gasteiger charge is -2.34. The number of nitrogens with zero attached hydrogens (tertiary/aromatic N) is 2. The van der Waals surface area contributed by atoms with Crippen molar-refractivity contribution in [1.29, 1.82) is 0 Å². The van der Waals surface area contributed by atoms with Crippen molar-refractivity contribution in [3.8, 4) is 0 Å². The van der Waals surface area contributed by atoms with Gasteiger partial charge < -0.3 is 20.3 Å². The van der Waals surface area contributed by atoms with Crippen molar-refractivity contribution in [3.63, 3.8) is 0 Å². The predicted molar refractivity (Wildman–Crippen MR) is 60.9 cm³/mol. The van der Waals surface area contributed by atoms with Gasteiger partial charge in [0.05, 0.1) is 6.61 Å². The van der Waals surface area contributed by atoms with Gasteiger partial charge in [-0.2, -0.15) is 0 Å². The minimum Gasteiger partial charge on any atom is -0.379 e. The van der Waals surface area contributed by atoms with E-state index >= 15 is 0 Å². The third-order valence-electron chi connectivity index (χ3n) is 3.66. The Morgan fingerprint density at radius 2 is 2.00 bits per heavy atom. The van der Waals surface area contributed by atoms with Crippen LogP contribution in [-0.2, 0) is 4.74 Å². The molecular formula is C11H23N3O. The molecular weight excluding hydrogens is 190 g/mol. The third-order valence-corrected chi connectivity index (χ3v) is 3.66. The molecule has 0 aromatic rings. The first-order chi connectivity index (χ1) is 7.18. The van der Waals surface area contributed by atoms with E-state index in [4.69, 9.17) is 10.5 Å². The van der Waals surface area contributed by atoms with Gasteiger partial charge in [-0.25, -0.2) is 0 Å². The van der Waals surface area contributed by atoms with Crippen LogP contribution in [0.5, 0.6) is 0 Å². The zero-order valence-electron chi connectivity index (χ0n) is 9.74. The summed E-state index contributed by atoms with van der Waals surface area (Å²) in [6, 6.07) is 0. The molecule has 0 amide bonds. The average molecular weight is 213 g/mol. The van der Waals surface area contributed by atoms with E-state index in [-0.39, 0.29) is 5.54 Å². The largest absolute Gasteiger partial charge is 0.379 e. The fourth-order valence-electron chi connectivity index (χ4n) is 2.27. The van der Waals surface area contributed by atoms with Gasteiger partial charge >= 0.3 is 0 Å². The molecule has 2 N–H and O–H groups in total. The fraction of sp³-hybridized carbons (Fsp3) is 1.00. The first-order valence-corrected chi connectivity index (χ1v) is 5.96. The van der Waals surface area contributed by atoms with Crippen LogP contribution in [0.4, 0.5) is 0 Å². The Bertz CT molecular complexity index is 196. The van der Waals surface area contributed by atoms with Gasteiger partial charge in [-0.1, -0.05) is 0 Å². The van der Waals surface area contributed by atoms with E-state index < -0.39 is 0 Å². The van der Waals surface area contributed by atoms with Crippen LogP contribution in [-0.4, -0.2) is 68.3 Å². The fourth-order valence-corrected chi connectivity index (χ4v) is 2.27. The van der Waals surface area contributed by atoms with Crippen molar-refractivity contribution >= 4 is 0 Å². The smallest absolute Gasteiger partial charge is 0.0647 e. The Morgan fingerprint density at radius 1 is 1.27 bits per heavy atom. The van der Waals surface area contributed by atoms with Gasteiger partial charge in [-0.05, 0) is 19.9 Å². The molecule has 4 heteroatoms. The Labute approximate surface area is 92.4 Å². The van der Waals surface area contributed by atoms with E-state index in [9.17, 15) is 0 Å². The van der Waals surface area contributed by atoms with Gasteiger partial charge in [-0.15, -0.1) is 0 Å². The Hall–Kier alpha value is -0.160. The number of rotatable bonds is 3. The highest BCUT2D eigenvalue weighted by atomic mass is 16.5. The van der Waals surface area contributed by atoms with Crippen LogP contribution in [0.15, 0.2) is 0 Å². The van der Waals surface area contributed by atoms with Gasteiger partial charge in [-0.3, -0.25) is 0 Å². The molecule has 15 heavy (non-hydrogen) atoms. The molecule has 0 aliphatic carbocycles. The predicted octanol–water partition coefficient (Wildman–Crippen LogP) is -0.258. The quantitative estimate of drug-likeness (QED) is 0.701. The zero-order chi connectivity index (χ0) is 10.7. The summed E-state index contributed by atoms with van der Waals surface area (Å²) in [4.78, 5) is 4.90. The number of piperazine rings is 1. The number of nitrogens with two attached hydrogens (primary N) is 1. The van der Waals surface area contributed by atoms with Crippen molar-refractivity contribution in [2.24, 2.45) is 5.73 Å². The second-order valence-electron chi connectivity index (χ2n) is 5.06. The van der Waals surface area contributed by atoms with Crippen molar-refractivity contribution in [1.82, 2.24) is 9.80 Å². The number of likely N-dealkylation sites (N-methyl/N-ethyl adjacent to an activating group) is 1. The minimum absolute atomic E-state index is 0.0383. The van der Waals surface area contributed by atoms with Gasteiger partial charge in [0, 0.05) is 44.9 Å². The molecule has 4 nitrogen and oxygen atoms in total. The van der Waals surface area contributed by atoms with E-state index in [0.29, 0.717) is 0 Å². The monoisotopic (exact) mass is 213 g/mol. The van der Waals surface area contributed by atoms with E-state index in [1.165, 1.54) is 26.2 Å². The zero-order valence-corrected chi connectivity index (χ0v) is 9.74. The molecule has 2 aliphatic heterocycles. The standard InChI is InChI=1S/C11H23N3O/c1-13-5-7-14(8-6-13)4-2-11(12)3-9-15-10-11/h2-10,12H2,1H3. The molecule has 2 rings (SSSR count). The minimum atomic E-state index is -0.0383. The van der Waals surface area contributed by atoms with Crippen LogP contribution in [0, 0.1) is 0 Å². The lowest BCUT2D eigenvalue weighted by Crippen LogP contribution is -2.48. The molecule has 0 saturated carbocycles. The highest BCUT2D eigenvalue weighted by molar-refractivity contribution is 4.89. The van der Waals surface area contributed by atoms with Gasteiger partial charge in [0.25, 0.3) is 0 Å². The molecule has 0 spiro atoms. The molecule has 2 fully saturated rings. The molecule has 0 radical (unpaired) electrons. The van der Waals surface area contributed by atoms with Crippen molar-refractivity contribution in [3.05, 3.63) is 0 Å². The summed E-state index contributed by atoms with van der Waals surface area (Å²) in [6.07, 6.45) is 2.11. The maximum atomic E-state index is 6.24.